The van der Waals surface area contributed by atoms with Crippen LogP contribution >= 0.6 is 11.6 Å². The Hall–Kier alpha value is -2.96. The second kappa shape index (κ2) is 11.0. The van der Waals surface area contributed by atoms with Gasteiger partial charge in [-0.05, 0) is 80.7 Å². The fourth-order valence-electron chi connectivity index (χ4n) is 4.29. The molecule has 0 bridgehead atoms. The van der Waals surface area contributed by atoms with Gasteiger partial charge < -0.3 is 15.0 Å². The topological polar surface area (TPSA) is 71.5 Å². The first-order chi connectivity index (χ1) is 16.5. The number of esters is 1. The number of benzene rings is 2. The number of hydrogen-bond donors (Lipinski definition) is 1. The zero-order chi connectivity index (χ0) is 24.1. The third-order valence-corrected chi connectivity index (χ3v) is 6.80. The first-order valence-electron chi connectivity index (χ1n) is 11.9. The SMILES string of the molecule is CCN(CC)CCOC(=O)c1ccc(NC(=O)c2ccc3c(Cl)c4c(nc3c2)CCCC4)cc1. The second-order valence-corrected chi connectivity index (χ2v) is 8.86. The number of fused-ring (bicyclic) bond motifs is 2. The fourth-order valence-corrected chi connectivity index (χ4v) is 4.66. The minimum atomic E-state index is -0.370. The van der Waals surface area contributed by atoms with Gasteiger partial charge in [-0.3, -0.25) is 9.78 Å². The van der Waals surface area contributed by atoms with E-state index in [1.165, 1.54) is 0 Å². The summed E-state index contributed by atoms with van der Waals surface area (Å²) >= 11 is 6.64. The average Bonchev–Trinajstić information content (AvgIpc) is 2.87. The Labute approximate surface area is 205 Å². The average molecular weight is 480 g/mol. The maximum atomic E-state index is 12.8. The molecule has 0 spiro atoms. The summed E-state index contributed by atoms with van der Waals surface area (Å²) in [4.78, 5) is 32.1. The quantitative estimate of drug-likeness (QED) is 0.431. The van der Waals surface area contributed by atoms with Crippen LogP contribution in [-0.4, -0.2) is 48.0 Å². The minimum absolute atomic E-state index is 0.243. The Morgan fingerprint density at radius 2 is 1.74 bits per heavy atom. The number of pyridine rings is 1. The van der Waals surface area contributed by atoms with Crippen LogP contribution in [0, 0.1) is 0 Å². The first kappa shape index (κ1) is 24.2. The predicted molar refractivity (Wildman–Crippen MR) is 136 cm³/mol. The number of halogens is 1. The van der Waals surface area contributed by atoms with Crippen molar-refractivity contribution in [2.45, 2.75) is 39.5 Å². The lowest BCUT2D eigenvalue weighted by Gasteiger charge is -2.18. The van der Waals surface area contributed by atoms with Gasteiger partial charge in [0.15, 0.2) is 0 Å². The van der Waals surface area contributed by atoms with E-state index in [-0.39, 0.29) is 11.9 Å². The van der Waals surface area contributed by atoms with Gasteiger partial charge in [0.2, 0.25) is 0 Å². The van der Waals surface area contributed by atoms with E-state index in [1.54, 1.807) is 36.4 Å². The van der Waals surface area contributed by atoms with Crippen molar-refractivity contribution in [2.75, 3.05) is 31.6 Å². The molecule has 1 heterocycles. The molecule has 4 rings (SSSR count). The van der Waals surface area contributed by atoms with Crippen LogP contribution in [-0.2, 0) is 17.6 Å². The lowest BCUT2D eigenvalue weighted by molar-refractivity contribution is 0.0466. The number of aromatic nitrogens is 1. The molecule has 7 heteroatoms. The zero-order valence-electron chi connectivity index (χ0n) is 19.7. The van der Waals surface area contributed by atoms with Gasteiger partial charge in [0.1, 0.15) is 6.61 Å². The van der Waals surface area contributed by atoms with Crippen LogP contribution in [0.3, 0.4) is 0 Å². The van der Waals surface area contributed by atoms with Crippen molar-refractivity contribution in [3.63, 3.8) is 0 Å². The van der Waals surface area contributed by atoms with E-state index in [1.807, 2.05) is 6.07 Å². The Balaban J connectivity index is 1.41. The lowest BCUT2D eigenvalue weighted by atomic mass is 9.94. The third kappa shape index (κ3) is 5.40. The molecule has 0 unspecified atom stereocenters. The number of hydrogen-bond acceptors (Lipinski definition) is 5. The van der Waals surface area contributed by atoms with Crippen LogP contribution < -0.4 is 5.32 Å². The van der Waals surface area contributed by atoms with E-state index < -0.39 is 0 Å². The van der Waals surface area contributed by atoms with Crippen LogP contribution in [0.1, 0.15) is 58.7 Å². The summed E-state index contributed by atoms with van der Waals surface area (Å²) in [5, 5.41) is 4.51. The number of rotatable bonds is 8. The van der Waals surface area contributed by atoms with E-state index >= 15 is 0 Å². The van der Waals surface area contributed by atoms with Crippen LogP contribution in [0.5, 0.6) is 0 Å². The molecule has 1 amide bonds. The fraction of sp³-hybridized carbons (Fsp3) is 0.370. The van der Waals surface area contributed by atoms with E-state index in [0.717, 1.165) is 66.0 Å². The molecule has 0 aliphatic heterocycles. The summed E-state index contributed by atoms with van der Waals surface area (Å²) < 4.78 is 5.36. The summed E-state index contributed by atoms with van der Waals surface area (Å²) in [7, 11) is 0. The predicted octanol–water partition coefficient (Wildman–Crippen LogP) is 5.52. The molecule has 0 atom stereocenters. The molecule has 1 aliphatic carbocycles. The van der Waals surface area contributed by atoms with Gasteiger partial charge >= 0.3 is 5.97 Å². The molecule has 3 aromatic rings. The molecule has 178 valence electrons. The Morgan fingerprint density at radius 3 is 2.47 bits per heavy atom. The van der Waals surface area contributed by atoms with Crippen molar-refractivity contribution in [1.29, 1.82) is 0 Å². The molecule has 34 heavy (non-hydrogen) atoms. The molecule has 1 N–H and O–H groups in total. The molecule has 0 fully saturated rings. The third-order valence-electron chi connectivity index (χ3n) is 6.37. The number of nitrogens with zero attached hydrogens (tertiary/aromatic N) is 2. The highest BCUT2D eigenvalue weighted by Crippen LogP contribution is 2.33. The molecule has 6 nitrogen and oxygen atoms in total. The molecule has 1 aliphatic rings. The van der Waals surface area contributed by atoms with E-state index in [9.17, 15) is 9.59 Å². The maximum absolute atomic E-state index is 12.8. The van der Waals surface area contributed by atoms with Gasteiger partial charge in [-0.25, -0.2) is 4.79 Å². The van der Waals surface area contributed by atoms with Crippen LogP contribution in [0.15, 0.2) is 42.5 Å². The van der Waals surface area contributed by atoms with E-state index in [4.69, 9.17) is 21.3 Å². The van der Waals surface area contributed by atoms with Crippen molar-refractivity contribution >= 4 is 40.1 Å². The highest BCUT2D eigenvalue weighted by Gasteiger charge is 2.18. The monoisotopic (exact) mass is 479 g/mol. The molecule has 1 aromatic heterocycles. The van der Waals surface area contributed by atoms with Gasteiger partial charge in [0.05, 0.1) is 16.1 Å². The van der Waals surface area contributed by atoms with Crippen LogP contribution in [0.2, 0.25) is 5.02 Å². The molecule has 0 radical (unpaired) electrons. The van der Waals surface area contributed by atoms with Crippen LogP contribution in [0.25, 0.3) is 10.9 Å². The first-order valence-corrected chi connectivity index (χ1v) is 12.3. The minimum Gasteiger partial charge on any atom is -0.461 e. The van der Waals surface area contributed by atoms with Crippen molar-refractivity contribution in [3.8, 4) is 0 Å². The molecule has 0 saturated heterocycles. The summed E-state index contributed by atoms with van der Waals surface area (Å²) in [5.74, 6) is -0.613. The molecule has 0 saturated carbocycles. The number of anilines is 1. The van der Waals surface area contributed by atoms with Gasteiger partial charge in [-0.15, -0.1) is 0 Å². The largest absolute Gasteiger partial charge is 0.461 e. The van der Waals surface area contributed by atoms with Gasteiger partial charge in [0, 0.05) is 28.9 Å². The van der Waals surface area contributed by atoms with E-state index in [2.05, 4.69) is 24.1 Å². The highest BCUT2D eigenvalue weighted by molar-refractivity contribution is 6.36. The molecule has 2 aromatic carbocycles. The van der Waals surface area contributed by atoms with Crippen molar-refractivity contribution in [1.82, 2.24) is 9.88 Å². The van der Waals surface area contributed by atoms with Gasteiger partial charge in [-0.1, -0.05) is 31.5 Å². The number of aryl methyl sites for hydroxylation is 1. The smallest absolute Gasteiger partial charge is 0.338 e. The van der Waals surface area contributed by atoms with Gasteiger partial charge in [-0.2, -0.15) is 0 Å². The number of amides is 1. The molecular formula is C27H30ClN3O3. The lowest BCUT2D eigenvalue weighted by Crippen LogP contribution is -2.27. The second-order valence-electron chi connectivity index (χ2n) is 8.48. The standard InChI is InChI=1S/C27H30ClN3O3/c1-3-31(4-2)15-16-34-27(33)18-9-12-20(13-10-18)29-26(32)19-11-14-22-24(17-19)30-23-8-6-5-7-21(23)25(22)28/h9-14,17H,3-8,15-16H2,1-2H3,(H,29,32). The van der Waals surface area contributed by atoms with Crippen molar-refractivity contribution in [2.24, 2.45) is 0 Å². The zero-order valence-corrected chi connectivity index (χ0v) is 20.5. The number of carbonyl (C=O) groups is 2. The van der Waals surface area contributed by atoms with Gasteiger partial charge in [0.25, 0.3) is 5.91 Å². The maximum Gasteiger partial charge on any atom is 0.338 e. The Bertz CT molecular complexity index is 1190. The number of likely N-dealkylation sites (N-methyl/N-ethyl adjacent to an activating group) is 1. The summed E-state index contributed by atoms with van der Waals surface area (Å²) in [5.41, 5.74) is 4.48. The molecular weight excluding hydrogens is 450 g/mol. The summed E-state index contributed by atoms with van der Waals surface area (Å²) in [6, 6.07) is 12.1. The number of carbonyl (C=O) groups excluding carboxylic acids is 2. The Kier molecular flexibility index (Phi) is 7.80. The number of nitrogens with one attached hydrogen (secondary N) is 1. The van der Waals surface area contributed by atoms with Crippen molar-refractivity contribution < 1.29 is 14.3 Å². The normalized spacial score (nSPS) is 13.1. The summed E-state index contributed by atoms with van der Waals surface area (Å²) in [6.45, 7) is 7.06. The summed E-state index contributed by atoms with van der Waals surface area (Å²) in [6.07, 6.45) is 4.12. The number of ether oxygens (including phenoxy) is 1. The highest BCUT2D eigenvalue weighted by atomic mass is 35.5. The Morgan fingerprint density at radius 1 is 1.03 bits per heavy atom. The van der Waals surface area contributed by atoms with Crippen molar-refractivity contribution in [3.05, 3.63) is 69.9 Å². The van der Waals surface area contributed by atoms with Crippen LogP contribution in [0.4, 0.5) is 5.69 Å². The van der Waals surface area contributed by atoms with E-state index in [0.29, 0.717) is 30.0 Å².